The molecule has 0 aliphatic carbocycles. The van der Waals surface area contributed by atoms with Crippen molar-refractivity contribution >= 4 is 17.0 Å². The largest absolute Gasteiger partial charge is 0.373 e. The van der Waals surface area contributed by atoms with E-state index in [4.69, 9.17) is 15.0 Å². The van der Waals surface area contributed by atoms with Gasteiger partial charge in [0.2, 0.25) is 5.95 Å². The molecule has 4 heterocycles. The van der Waals surface area contributed by atoms with Crippen molar-refractivity contribution in [1.82, 2.24) is 19.9 Å². The Hall–Kier alpha value is -2.95. The van der Waals surface area contributed by atoms with Crippen molar-refractivity contribution in [3.8, 4) is 6.07 Å². The highest BCUT2D eigenvalue weighted by molar-refractivity contribution is 5.79. The van der Waals surface area contributed by atoms with Crippen LogP contribution in [0, 0.1) is 11.3 Å². The van der Waals surface area contributed by atoms with E-state index in [1.165, 1.54) is 0 Å². The van der Waals surface area contributed by atoms with Crippen molar-refractivity contribution in [3.63, 3.8) is 0 Å². The minimum absolute atomic E-state index is 0.208. The summed E-state index contributed by atoms with van der Waals surface area (Å²) < 4.78 is 8.14. The molecule has 2 atom stereocenters. The molecule has 2 fully saturated rings. The lowest BCUT2D eigenvalue weighted by atomic mass is 10.2. The fraction of sp³-hybridized carbons (Fsp3) is 0.350. The Bertz CT molecular complexity index is 991. The Balaban J connectivity index is 1.52. The number of nitrogens with one attached hydrogen (secondary N) is 1. The lowest BCUT2D eigenvalue weighted by Gasteiger charge is -2.25. The van der Waals surface area contributed by atoms with Crippen molar-refractivity contribution < 1.29 is 4.74 Å². The van der Waals surface area contributed by atoms with E-state index in [1.807, 2.05) is 30.3 Å². The number of nitrogens with zero attached hydrogens (tertiary/aromatic N) is 5. The van der Waals surface area contributed by atoms with Crippen LogP contribution < -0.4 is 10.2 Å². The molecule has 5 rings (SSSR count). The second kappa shape index (κ2) is 6.65. The van der Waals surface area contributed by atoms with E-state index in [-0.39, 0.29) is 6.10 Å². The summed E-state index contributed by atoms with van der Waals surface area (Å²) in [6, 6.07) is 14.4. The van der Waals surface area contributed by atoms with Crippen LogP contribution in [0.2, 0.25) is 0 Å². The van der Waals surface area contributed by atoms with Gasteiger partial charge in [-0.1, -0.05) is 12.1 Å². The predicted molar refractivity (Wildman–Crippen MR) is 102 cm³/mol. The van der Waals surface area contributed by atoms with Crippen molar-refractivity contribution in [2.75, 3.05) is 31.1 Å². The van der Waals surface area contributed by atoms with E-state index in [1.54, 1.807) is 6.20 Å². The van der Waals surface area contributed by atoms with Crippen LogP contribution in [0.4, 0.5) is 5.95 Å². The van der Waals surface area contributed by atoms with Crippen LogP contribution in [0.15, 0.2) is 42.6 Å². The maximum Gasteiger partial charge on any atom is 0.207 e. The monoisotopic (exact) mass is 360 g/mol. The van der Waals surface area contributed by atoms with Crippen LogP contribution in [0.25, 0.3) is 11.0 Å². The first-order valence-corrected chi connectivity index (χ1v) is 9.22. The van der Waals surface area contributed by atoms with Crippen LogP contribution in [0.5, 0.6) is 0 Å². The van der Waals surface area contributed by atoms with Gasteiger partial charge in [-0.05, 0) is 24.3 Å². The summed E-state index contributed by atoms with van der Waals surface area (Å²) in [5, 5.41) is 12.5. The van der Waals surface area contributed by atoms with Crippen molar-refractivity contribution in [3.05, 3.63) is 53.9 Å². The smallest absolute Gasteiger partial charge is 0.207 e. The zero-order chi connectivity index (χ0) is 18.2. The highest BCUT2D eigenvalue weighted by Crippen LogP contribution is 2.28. The predicted octanol–water partition coefficient (Wildman–Crippen LogP) is 1.53. The van der Waals surface area contributed by atoms with Gasteiger partial charge >= 0.3 is 0 Å². The summed E-state index contributed by atoms with van der Waals surface area (Å²) >= 11 is 0. The number of aromatic nitrogens is 3. The fourth-order valence-corrected chi connectivity index (χ4v) is 3.96. The quantitative estimate of drug-likeness (QED) is 0.763. The molecule has 0 radical (unpaired) electrons. The van der Waals surface area contributed by atoms with E-state index in [9.17, 15) is 0 Å². The molecule has 7 heteroatoms. The molecule has 0 spiro atoms. The summed E-state index contributed by atoms with van der Waals surface area (Å²) in [5.41, 5.74) is 3.54. The molecule has 0 bridgehead atoms. The molecule has 0 saturated carbocycles. The van der Waals surface area contributed by atoms with Gasteiger partial charge in [0.25, 0.3) is 0 Å². The first-order valence-electron chi connectivity index (χ1n) is 9.22. The minimum atomic E-state index is 0.208. The van der Waals surface area contributed by atoms with Gasteiger partial charge in [-0.2, -0.15) is 5.26 Å². The highest BCUT2D eigenvalue weighted by atomic mass is 16.5. The van der Waals surface area contributed by atoms with Gasteiger partial charge in [0, 0.05) is 25.8 Å². The molecule has 1 N–H and O–H groups in total. The van der Waals surface area contributed by atoms with E-state index in [2.05, 4.69) is 31.9 Å². The number of nitriles is 1. The molecule has 0 unspecified atom stereocenters. The topological polar surface area (TPSA) is 79.0 Å². The highest BCUT2D eigenvalue weighted by Gasteiger charge is 2.37. The Kier molecular flexibility index (Phi) is 4.00. The third-order valence-corrected chi connectivity index (χ3v) is 5.30. The van der Waals surface area contributed by atoms with E-state index >= 15 is 0 Å². The summed E-state index contributed by atoms with van der Waals surface area (Å²) in [6.07, 6.45) is 1.83. The summed E-state index contributed by atoms with van der Waals surface area (Å²) in [6.45, 7) is 4.00. The molecule has 7 nitrogen and oxygen atoms in total. The average Bonchev–Trinajstić information content (AvgIpc) is 3.30. The molecule has 1 aromatic carbocycles. The zero-order valence-corrected chi connectivity index (χ0v) is 14.9. The average molecular weight is 360 g/mol. The van der Waals surface area contributed by atoms with Crippen LogP contribution in [0.3, 0.4) is 0 Å². The molecular weight excluding hydrogens is 340 g/mol. The van der Waals surface area contributed by atoms with Gasteiger partial charge in [0.15, 0.2) is 0 Å². The standard InChI is InChI=1S/C20H20N6O/c21-9-14-5-6-15(23-10-14)11-26-18-4-2-1-3-16(18)24-20(26)25-12-17-19(13-25)27-8-7-22-17/h1-6,10,17,19,22H,7-8,11-13H2/t17-,19+/m0/s1. The van der Waals surface area contributed by atoms with E-state index in [0.717, 1.165) is 48.9 Å². The minimum Gasteiger partial charge on any atom is -0.373 e. The van der Waals surface area contributed by atoms with Crippen molar-refractivity contribution in [2.45, 2.75) is 18.7 Å². The van der Waals surface area contributed by atoms with Gasteiger partial charge in [-0.25, -0.2) is 4.98 Å². The molecule has 2 aromatic heterocycles. The third kappa shape index (κ3) is 2.93. The number of hydrogen-bond acceptors (Lipinski definition) is 6. The summed E-state index contributed by atoms with van der Waals surface area (Å²) in [7, 11) is 0. The number of pyridine rings is 1. The first kappa shape index (κ1) is 16.2. The molecule has 2 saturated heterocycles. The zero-order valence-electron chi connectivity index (χ0n) is 14.9. The molecular formula is C20H20N6O. The van der Waals surface area contributed by atoms with Crippen LogP contribution in [-0.4, -0.2) is 52.9 Å². The molecule has 136 valence electrons. The number of ether oxygens (including phenoxy) is 1. The Morgan fingerprint density at radius 2 is 2.15 bits per heavy atom. The van der Waals surface area contributed by atoms with Crippen LogP contribution in [-0.2, 0) is 11.3 Å². The molecule has 0 amide bonds. The van der Waals surface area contributed by atoms with Gasteiger partial charge in [0.1, 0.15) is 6.07 Å². The number of benzene rings is 1. The van der Waals surface area contributed by atoms with Gasteiger partial charge in [-0.3, -0.25) is 4.98 Å². The number of morpholine rings is 1. The van der Waals surface area contributed by atoms with E-state index < -0.39 is 0 Å². The number of fused-ring (bicyclic) bond motifs is 2. The lowest BCUT2D eigenvalue weighted by Crippen LogP contribution is -2.47. The lowest BCUT2D eigenvalue weighted by molar-refractivity contribution is 0.0212. The first-order chi connectivity index (χ1) is 13.3. The van der Waals surface area contributed by atoms with Gasteiger partial charge < -0.3 is 19.5 Å². The number of rotatable bonds is 3. The fourth-order valence-electron chi connectivity index (χ4n) is 3.96. The normalized spacial score (nSPS) is 22.0. The third-order valence-electron chi connectivity index (χ3n) is 5.30. The Labute approximate surface area is 157 Å². The van der Waals surface area contributed by atoms with Crippen LogP contribution >= 0.6 is 0 Å². The molecule has 3 aromatic rings. The van der Waals surface area contributed by atoms with Gasteiger partial charge in [-0.15, -0.1) is 0 Å². The molecule has 2 aliphatic rings. The number of hydrogen-bond donors (Lipinski definition) is 1. The molecule has 27 heavy (non-hydrogen) atoms. The van der Waals surface area contributed by atoms with Crippen molar-refractivity contribution in [1.29, 1.82) is 5.26 Å². The Morgan fingerprint density at radius 1 is 1.22 bits per heavy atom. The number of imidazole rings is 1. The Morgan fingerprint density at radius 3 is 2.96 bits per heavy atom. The number of anilines is 1. The maximum absolute atomic E-state index is 8.99. The molecule has 2 aliphatic heterocycles. The van der Waals surface area contributed by atoms with E-state index in [0.29, 0.717) is 18.2 Å². The van der Waals surface area contributed by atoms with Gasteiger partial charge in [0.05, 0.1) is 47.6 Å². The summed E-state index contributed by atoms with van der Waals surface area (Å²) in [5.74, 6) is 0.946. The number of para-hydroxylation sites is 2. The second-order valence-electron chi connectivity index (χ2n) is 7.01. The van der Waals surface area contributed by atoms with Crippen LogP contribution in [0.1, 0.15) is 11.3 Å². The van der Waals surface area contributed by atoms with Crippen molar-refractivity contribution in [2.24, 2.45) is 0 Å². The summed E-state index contributed by atoms with van der Waals surface area (Å²) in [4.78, 5) is 11.7. The maximum atomic E-state index is 8.99. The SMILES string of the molecule is N#Cc1ccc(Cn2c(N3C[C@@H]4NCCO[C@@H]4C3)nc3ccccc32)nc1. The second-order valence-corrected chi connectivity index (χ2v) is 7.01.